The summed E-state index contributed by atoms with van der Waals surface area (Å²) in [6.45, 7) is 0.197. The van der Waals surface area contributed by atoms with E-state index in [4.69, 9.17) is 44.1 Å². The van der Waals surface area contributed by atoms with Crippen molar-refractivity contribution in [2.45, 2.75) is 54.6 Å². The predicted octanol–water partition coefficient (Wildman–Crippen LogP) is 8.10. The minimum atomic E-state index is -2.01. The molecule has 0 saturated heterocycles. The third-order valence-electron chi connectivity index (χ3n) is 7.51. The monoisotopic (exact) mass is 603 g/mol. The number of benzene rings is 3. The number of nitrogens with zero attached hydrogens (tertiary/aromatic N) is 1. The Morgan fingerprint density at radius 1 is 0.974 bits per heavy atom. The first-order valence-corrected chi connectivity index (χ1v) is 14.8. The molecule has 6 rings (SSSR count). The van der Waals surface area contributed by atoms with Crippen molar-refractivity contribution in [2.75, 3.05) is 0 Å². The van der Waals surface area contributed by atoms with Crippen LogP contribution in [0.5, 0.6) is 5.75 Å². The van der Waals surface area contributed by atoms with Crippen molar-refractivity contribution in [1.29, 1.82) is 0 Å². The van der Waals surface area contributed by atoms with Gasteiger partial charge in [0.1, 0.15) is 23.8 Å². The summed E-state index contributed by atoms with van der Waals surface area (Å²) in [5, 5.41) is 17.0. The molecule has 202 valence electrons. The lowest BCUT2D eigenvalue weighted by Gasteiger charge is -2.44. The highest BCUT2D eigenvalue weighted by Gasteiger charge is 2.45. The fourth-order valence-electron chi connectivity index (χ4n) is 5.23. The molecule has 2 saturated carbocycles. The van der Waals surface area contributed by atoms with Crippen LogP contribution in [0.15, 0.2) is 70.1 Å². The smallest absolute Gasteiger partial charge is 0.186 e. The summed E-state index contributed by atoms with van der Waals surface area (Å²) < 4.78 is 32.3. The molecule has 0 radical (unpaired) electrons. The fourth-order valence-corrected chi connectivity index (χ4v) is 6.53. The summed E-state index contributed by atoms with van der Waals surface area (Å²) in [5.74, 6) is 1.78. The standard InChI is InChI=1S/C29H24Cl3NO5S/c30-23-2-1-3-24(31)26(23)27-21(28(38-33-27)17-4-5-17)15-37-19-8-11-22(25(32)12-19)29(34)13-18(14-29)16-6-9-20(10-7-16)39(35)36/h1-3,6-12,17-18,34H,4-5,13-15H2,(H,35,36). The maximum atomic E-state index is 11.3. The van der Waals surface area contributed by atoms with E-state index in [1.807, 2.05) is 12.1 Å². The molecule has 1 heterocycles. The average Bonchev–Trinajstić information content (AvgIpc) is 3.66. The first-order valence-electron chi connectivity index (χ1n) is 12.5. The van der Waals surface area contributed by atoms with Gasteiger partial charge in [0.2, 0.25) is 0 Å². The third-order valence-corrected chi connectivity index (χ3v) is 9.13. The number of aromatic nitrogens is 1. The van der Waals surface area contributed by atoms with Crippen LogP contribution < -0.4 is 4.74 Å². The Morgan fingerprint density at radius 2 is 1.67 bits per heavy atom. The van der Waals surface area contributed by atoms with E-state index in [1.54, 1.807) is 48.5 Å². The Bertz CT molecular complexity index is 1540. The van der Waals surface area contributed by atoms with Gasteiger partial charge in [-0.05, 0) is 73.6 Å². The zero-order valence-electron chi connectivity index (χ0n) is 20.6. The van der Waals surface area contributed by atoms with Gasteiger partial charge in [-0.2, -0.15) is 0 Å². The van der Waals surface area contributed by atoms with Gasteiger partial charge in [0.15, 0.2) is 11.1 Å². The van der Waals surface area contributed by atoms with E-state index < -0.39 is 16.7 Å². The van der Waals surface area contributed by atoms with Crippen LogP contribution in [0.25, 0.3) is 11.3 Å². The molecule has 4 aromatic rings. The van der Waals surface area contributed by atoms with E-state index in [2.05, 4.69) is 5.16 Å². The van der Waals surface area contributed by atoms with Crippen molar-refractivity contribution in [2.24, 2.45) is 0 Å². The van der Waals surface area contributed by atoms with E-state index in [-0.39, 0.29) is 12.5 Å². The van der Waals surface area contributed by atoms with Gasteiger partial charge in [0.05, 0.1) is 31.1 Å². The van der Waals surface area contributed by atoms with Crippen LogP contribution >= 0.6 is 34.8 Å². The van der Waals surface area contributed by atoms with Gasteiger partial charge in [-0.3, -0.25) is 0 Å². The van der Waals surface area contributed by atoms with Crippen LogP contribution in [0.2, 0.25) is 15.1 Å². The molecule has 0 bridgehead atoms. The average molecular weight is 605 g/mol. The normalized spacial score (nSPS) is 21.4. The van der Waals surface area contributed by atoms with Crippen LogP contribution in [-0.4, -0.2) is 19.0 Å². The lowest BCUT2D eigenvalue weighted by Crippen LogP contribution is -2.40. The highest BCUT2D eigenvalue weighted by molar-refractivity contribution is 7.79. The molecule has 1 atom stereocenters. The van der Waals surface area contributed by atoms with Crippen molar-refractivity contribution < 1.29 is 23.1 Å². The van der Waals surface area contributed by atoms with Crippen LogP contribution in [-0.2, 0) is 23.3 Å². The molecule has 3 aromatic carbocycles. The Kier molecular flexibility index (Phi) is 7.25. The second-order valence-electron chi connectivity index (χ2n) is 10.1. The minimum absolute atomic E-state index is 0.132. The van der Waals surface area contributed by atoms with Crippen molar-refractivity contribution >= 4 is 45.9 Å². The van der Waals surface area contributed by atoms with Gasteiger partial charge in [-0.15, -0.1) is 0 Å². The molecule has 0 spiro atoms. The maximum Gasteiger partial charge on any atom is 0.186 e. The van der Waals surface area contributed by atoms with Crippen molar-refractivity contribution in [1.82, 2.24) is 5.16 Å². The highest BCUT2D eigenvalue weighted by Crippen LogP contribution is 2.53. The molecule has 2 N–H and O–H groups in total. The summed E-state index contributed by atoms with van der Waals surface area (Å²) in [6, 6.07) is 17.5. The van der Waals surface area contributed by atoms with Crippen LogP contribution in [0.1, 0.15) is 60.0 Å². The number of ether oxygens (including phenoxy) is 1. The molecular weight excluding hydrogens is 581 g/mol. The molecule has 1 aromatic heterocycles. The zero-order valence-corrected chi connectivity index (χ0v) is 23.7. The van der Waals surface area contributed by atoms with Gasteiger partial charge in [-0.25, -0.2) is 4.21 Å². The lowest BCUT2D eigenvalue weighted by molar-refractivity contribution is -0.0549. The van der Waals surface area contributed by atoms with Crippen molar-refractivity contribution in [3.63, 3.8) is 0 Å². The molecule has 1 unspecified atom stereocenters. The largest absolute Gasteiger partial charge is 0.489 e. The third kappa shape index (κ3) is 5.24. The molecule has 2 aliphatic rings. The molecule has 39 heavy (non-hydrogen) atoms. The van der Waals surface area contributed by atoms with Gasteiger partial charge >= 0.3 is 0 Å². The topological polar surface area (TPSA) is 92.8 Å². The van der Waals surface area contributed by atoms with E-state index >= 15 is 0 Å². The number of rotatable bonds is 8. The second-order valence-corrected chi connectivity index (χ2v) is 12.3. The van der Waals surface area contributed by atoms with Crippen LogP contribution in [0.3, 0.4) is 0 Å². The number of hydrogen-bond donors (Lipinski definition) is 2. The fraction of sp³-hybridized carbons (Fsp3) is 0.276. The first kappa shape index (κ1) is 26.8. The van der Waals surface area contributed by atoms with E-state index in [0.29, 0.717) is 61.3 Å². The number of halogens is 3. The number of hydrogen-bond acceptors (Lipinski definition) is 5. The van der Waals surface area contributed by atoms with E-state index in [1.165, 1.54) is 0 Å². The van der Waals surface area contributed by atoms with Gasteiger partial charge in [0, 0.05) is 17.0 Å². The summed E-state index contributed by atoms with van der Waals surface area (Å²) in [6.07, 6.45) is 3.07. The quantitative estimate of drug-likeness (QED) is 0.197. The Morgan fingerprint density at radius 3 is 2.28 bits per heavy atom. The van der Waals surface area contributed by atoms with Gasteiger partial charge in [-0.1, -0.05) is 64.2 Å². The van der Waals surface area contributed by atoms with Gasteiger partial charge < -0.3 is 18.9 Å². The molecule has 0 amide bonds. The summed E-state index contributed by atoms with van der Waals surface area (Å²) in [4.78, 5) is 0.351. The van der Waals surface area contributed by atoms with Gasteiger partial charge in [0.25, 0.3) is 0 Å². The lowest BCUT2D eigenvalue weighted by atomic mass is 9.65. The zero-order chi connectivity index (χ0) is 27.3. The summed E-state index contributed by atoms with van der Waals surface area (Å²) >= 11 is 17.5. The summed E-state index contributed by atoms with van der Waals surface area (Å²) in [7, 11) is 0. The highest BCUT2D eigenvalue weighted by atomic mass is 35.5. The molecule has 2 aliphatic carbocycles. The van der Waals surface area contributed by atoms with Crippen LogP contribution in [0, 0.1) is 0 Å². The maximum absolute atomic E-state index is 11.3. The Labute approximate surface area is 243 Å². The Balaban J connectivity index is 1.18. The van der Waals surface area contributed by atoms with Crippen molar-refractivity contribution in [3.8, 4) is 17.0 Å². The summed E-state index contributed by atoms with van der Waals surface area (Å²) in [5.41, 5.74) is 2.60. The molecule has 0 aliphatic heterocycles. The predicted molar refractivity (Wildman–Crippen MR) is 151 cm³/mol. The minimum Gasteiger partial charge on any atom is -0.489 e. The molecule has 2 fully saturated rings. The SMILES string of the molecule is O=S(O)c1ccc(C2CC(O)(c3ccc(OCc4c(-c5c(Cl)cccc5Cl)noc4C4CC4)cc3Cl)C2)cc1. The number of aliphatic hydroxyl groups is 1. The molecular formula is C29H24Cl3NO5S. The first-order chi connectivity index (χ1) is 18.7. The van der Waals surface area contributed by atoms with E-state index in [0.717, 1.165) is 29.7 Å². The second kappa shape index (κ2) is 10.5. The van der Waals surface area contributed by atoms with E-state index in [9.17, 15) is 13.9 Å². The molecule has 6 nitrogen and oxygen atoms in total. The van der Waals surface area contributed by atoms with Crippen LogP contribution in [0.4, 0.5) is 0 Å². The van der Waals surface area contributed by atoms with Crippen molar-refractivity contribution in [3.05, 3.63) is 98.2 Å². The Hall–Kier alpha value is -2.39. The molecule has 10 heteroatoms.